The summed E-state index contributed by atoms with van der Waals surface area (Å²) < 4.78 is 28.4. The molecular weight excluding hydrogens is 601 g/mol. The Labute approximate surface area is 229 Å². The van der Waals surface area contributed by atoms with Gasteiger partial charge in [0.2, 0.25) is 0 Å². The van der Waals surface area contributed by atoms with Crippen LogP contribution in [0.15, 0.2) is 24.3 Å². The summed E-state index contributed by atoms with van der Waals surface area (Å²) in [5.41, 5.74) is 0.556. The van der Waals surface area contributed by atoms with E-state index in [1.807, 2.05) is 12.1 Å². The van der Waals surface area contributed by atoms with Crippen molar-refractivity contribution in [1.29, 1.82) is 0 Å². The van der Waals surface area contributed by atoms with Crippen LogP contribution in [0.3, 0.4) is 0 Å². The number of unbranched alkanes of at least 4 members (excludes halogenated alkanes) is 1. The number of carbonyl (C=O) groups excluding carboxylic acids is 5. The van der Waals surface area contributed by atoms with Gasteiger partial charge in [-0.1, -0.05) is 0 Å². The summed E-state index contributed by atoms with van der Waals surface area (Å²) >= 11 is 2.16. The highest BCUT2D eigenvalue weighted by atomic mass is 127. The molecule has 1 saturated heterocycles. The van der Waals surface area contributed by atoms with Crippen LogP contribution in [0.1, 0.15) is 57.3 Å². The van der Waals surface area contributed by atoms with E-state index in [4.69, 9.17) is 23.7 Å². The summed E-state index contributed by atoms with van der Waals surface area (Å²) in [6, 6.07) is 7.18. The molecule has 0 unspecified atom stereocenters. The average Bonchev–Trinajstić information content (AvgIpc) is 2.80. The fourth-order valence-corrected chi connectivity index (χ4v) is 4.29. The quantitative estimate of drug-likeness (QED) is 0.167. The van der Waals surface area contributed by atoms with E-state index in [1.165, 1.54) is 27.7 Å². The van der Waals surface area contributed by atoms with Crippen LogP contribution in [0.4, 0.5) is 0 Å². The van der Waals surface area contributed by atoms with Gasteiger partial charge < -0.3 is 29.0 Å². The van der Waals surface area contributed by atoms with E-state index in [2.05, 4.69) is 27.9 Å². The van der Waals surface area contributed by atoms with Crippen molar-refractivity contribution in [3.63, 3.8) is 0 Å². The zero-order valence-electron chi connectivity index (χ0n) is 21.2. The summed E-state index contributed by atoms with van der Waals surface area (Å²) in [4.78, 5) is 59.3. The van der Waals surface area contributed by atoms with Gasteiger partial charge in [-0.3, -0.25) is 24.0 Å². The number of carbonyl (C=O) groups is 5. The molecule has 1 aliphatic rings. The predicted octanol–water partition coefficient (Wildman–Crippen LogP) is 2.32. The molecule has 1 aromatic rings. The molecule has 0 aliphatic carbocycles. The third-order valence-electron chi connectivity index (χ3n) is 5.39. The van der Waals surface area contributed by atoms with Crippen molar-refractivity contribution in [1.82, 2.24) is 5.32 Å². The Bertz CT molecular complexity index is 967. The average molecular weight is 633 g/mol. The first-order valence-corrected chi connectivity index (χ1v) is 12.9. The first kappa shape index (κ1) is 30.5. The Kier molecular flexibility index (Phi) is 12.2. The van der Waals surface area contributed by atoms with Crippen molar-refractivity contribution >= 4 is 52.4 Å². The maximum atomic E-state index is 12.3. The van der Waals surface area contributed by atoms with Crippen LogP contribution in [-0.4, -0.2) is 73.5 Å². The Morgan fingerprint density at radius 3 is 1.86 bits per heavy atom. The van der Waals surface area contributed by atoms with Crippen LogP contribution in [-0.2, 0) is 42.9 Å². The Morgan fingerprint density at radius 1 is 0.784 bits per heavy atom. The van der Waals surface area contributed by atoms with Gasteiger partial charge in [0, 0.05) is 43.4 Å². The van der Waals surface area contributed by atoms with Gasteiger partial charge in [-0.05, 0) is 66.1 Å². The SMILES string of the molecule is CC(=O)OC[C@H]1O[C@H](CCCCNC(=O)c2ccc(I)cc2)[C@H](OC(C)=O)[C@@H](OC(C)=O)[C@H]1OC(C)=O. The standard InChI is InChI=1S/C25H32INO10/c1-14(28)33-13-21-23(35-16(3)30)24(36-17(4)31)22(34-15(2)29)20(37-21)7-5-6-12-27-25(32)18-8-10-19(26)11-9-18/h8-11,20-24H,5-7,12-13H2,1-4H3,(H,27,32)/t20-,21-,22+,23+,24-/m1/s1. The van der Waals surface area contributed by atoms with E-state index in [0.717, 1.165) is 3.57 Å². The number of nitrogens with one attached hydrogen (secondary N) is 1. The van der Waals surface area contributed by atoms with E-state index in [1.54, 1.807) is 12.1 Å². The molecule has 1 amide bonds. The number of hydrogen-bond donors (Lipinski definition) is 1. The maximum absolute atomic E-state index is 12.3. The van der Waals surface area contributed by atoms with E-state index in [-0.39, 0.29) is 12.5 Å². The first-order chi connectivity index (χ1) is 17.5. The van der Waals surface area contributed by atoms with Gasteiger partial charge in [-0.2, -0.15) is 0 Å². The molecule has 0 radical (unpaired) electrons. The highest BCUT2D eigenvalue weighted by molar-refractivity contribution is 14.1. The van der Waals surface area contributed by atoms with Gasteiger partial charge in [0.1, 0.15) is 12.7 Å². The molecular formula is C25H32INO10. The molecule has 0 bridgehead atoms. The van der Waals surface area contributed by atoms with Crippen LogP contribution in [0, 0.1) is 3.57 Å². The Morgan fingerprint density at radius 2 is 1.32 bits per heavy atom. The normalized spacial score (nSPS) is 22.9. The lowest BCUT2D eigenvalue weighted by Crippen LogP contribution is -2.62. The molecule has 0 aromatic heterocycles. The van der Waals surface area contributed by atoms with Crippen LogP contribution in [0.2, 0.25) is 0 Å². The summed E-state index contributed by atoms with van der Waals surface area (Å²) in [5.74, 6) is -2.76. The third-order valence-corrected chi connectivity index (χ3v) is 6.11. The van der Waals surface area contributed by atoms with E-state index in [0.29, 0.717) is 31.4 Å². The number of amides is 1. The zero-order chi connectivity index (χ0) is 27.5. The molecule has 1 heterocycles. The molecule has 204 valence electrons. The molecule has 1 N–H and O–H groups in total. The number of ether oxygens (including phenoxy) is 5. The van der Waals surface area contributed by atoms with Gasteiger partial charge in [-0.15, -0.1) is 0 Å². The van der Waals surface area contributed by atoms with Crippen LogP contribution >= 0.6 is 22.6 Å². The highest BCUT2D eigenvalue weighted by Gasteiger charge is 2.51. The van der Waals surface area contributed by atoms with Gasteiger partial charge in [0.15, 0.2) is 18.3 Å². The van der Waals surface area contributed by atoms with E-state index < -0.39 is 54.4 Å². The molecule has 0 saturated carbocycles. The van der Waals surface area contributed by atoms with Crippen molar-refractivity contribution in [2.24, 2.45) is 0 Å². The molecule has 0 spiro atoms. The number of rotatable bonds is 11. The van der Waals surface area contributed by atoms with Gasteiger partial charge >= 0.3 is 23.9 Å². The lowest BCUT2D eigenvalue weighted by molar-refractivity contribution is -0.253. The summed E-state index contributed by atoms with van der Waals surface area (Å²) in [5, 5.41) is 2.85. The topological polar surface area (TPSA) is 144 Å². The van der Waals surface area contributed by atoms with Crippen LogP contribution in [0.5, 0.6) is 0 Å². The Balaban J connectivity index is 2.10. The summed E-state index contributed by atoms with van der Waals surface area (Å²) in [7, 11) is 0. The minimum atomic E-state index is -1.18. The minimum Gasteiger partial charge on any atom is -0.463 e. The van der Waals surface area contributed by atoms with Gasteiger partial charge in [-0.25, -0.2) is 0 Å². The van der Waals surface area contributed by atoms with Crippen LogP contribution < -0.4 is 5.32 Å². The van der Waals surface area contributed by atoms with Crippen molar-refractivity contribution in [3.8, 4) is 0 Å². The van der Waals surface area contributed by atoms with Crippen LogP contribution in [0.25, 0.3) is 0 Å². The van der Waals surface area contributed by atoms with Crippen molar-refractivity contribution < 1.29 is 47.7 Å². The van der Waals surface area contributed by atoms with Crippen molar-refractivity contribution in [2.45, 2.75) is 77.5 Å². The summed E-state index contributed by atoms with van der Waals surface area (Å²) in [6.07, 6.45) is -3.63. The second-order valence-corrected chi connectivity index (χ2v) is 9.74. The fraction of sp³-hybridized carbons (Fsp3) is 0.560. The number of halogens is 1. The largest absolute Gasteiger partial charge is 0.463 e. The number of esters is 4. The predicted molar refractivity (Wildman–Crippen MR) is 137 cm³/mol. The minimum absolute atomic E-state index is 0.191. The second kappa shape index (κ2) is 14.9. The van der Waals surface area contributed by atoms with Gasteiger partial charge in [0.05, 0.1) is 6.10 Å². The molecule has 11 nitrogen and oxygen atoms in total. The van der Waals surface area contributed by atoms with Crippen molar-refractivity contribution in [2.75, 3.05) is 13.2 Å². The number of hydrogen-bond acceptors (Lipinski definition) is 10. The molecule has 37 heavy (non-hydrogen) atoms. The Hall–Kier alpha value is -2.74. The first-order valence-electron chi connectivity index (χ1n) is 11.8. The smallest absolute Gasteiger partial charge is 0.303 e. The highest BCUT2D eigenvalue weighted by Crippen LogP contribution is 2.31. The lowest BCUT2D eigenvalue weighted by Gasteiger charge is -2.44. The third kappa shape index (κ3) is 10.3. The monoisotopic (exact) mass is 633 g/mol. The molecule has 2 rings (SSSR count). The summed E-state index contributed by atoms with van der Waals surface area (Å²) in [6.45, 7) is 4.91. The molecule has 1 aliphatic heterocycles. The second-order valence-electron chi connectivity index (χ2n) is 8.50. The maximum Gasteiger partial charge on any atom is 0.303 e. The van der Waals surface area contributed by atoms with E-state index in [9.17, 15) is 24.0 Å². The zero-order valence-corrected chi connectivity index (χ0v) is 23.3. The molecule has 5 atom stereocenters. The lowest BCUT2D eigenvalue weighted by atomic mass is 9.91. The fourth-order valence-electron chi connectivity index (χ4n) is 3.93. The van der Waals surface area contributed by atoms with Crippen molar-refractivity contribution in [3.05, 3.63) is 33.4 Å². The van der Waals surface area contributed by atoms with Gasteiger partial charge in [0.25, 0.3) is 5.91 Å². The molecule has 12 heteroatoms. The molecule has 1 aromatic carbocycles. The molecule has 1 fully saturated rings. The van der Waals surface area contributed by atoms with E-state index >= 15 is 0 Å². The number of benzene rings is 1.